The zero-order valence-corrected chi connectivity index (χ0v) is 9.64. The van der Waals surface area contributed by atoms with Gasteiger partial charge in [-0.1, -0.05) is 6.08 Å². The zero-order valence-electron chi connectivity index (χ0n) is 9.64. The molecule has 0 saturated heterocycles. The van der Waals surface area contributed by atoms with E-state index in [0.717, 1.165) is 0 Å². The summed E-state index contributed by atoms with van der Waals surface area (Å²) in [7, 11) is 2.85. The molecule has 0 aromatic carbocycles. The lowest BCUT2D eigenvalue weighted by molar-refractivity contribution is -0.138. The lowest BCUT2D eigenvalue weighted by Crippen LogP contribution is -2.33. The number of rotatable bonds is 5. The Hall–Kier alpha value is -0.910. The van der Waals surface area contributed by atoms with Crippen molar-refractivity contribution in [1.29, 1.82) is 0 Å². The number of allylic oxidation sites excluding steroid dienone is 1. The number of hydrogen-bond donors (Lipinski definition) is 1. The minimum absolute atomic E-state index is 0.150. The molecular formula is C11H18O5. The molecule has 0 spiro atoms. The van der Waals surface area contributed by atoms with Crippen molar-refractivity contribution in [2.45, 2.75) is 18.9 Å². The molecule has 0 aromatic heterocycles. The van der Waals surface area contributed by atoms with Crippen LogP contribution in [0.4, 0.5) is 0 Å². The van der Waals surface area contributed by atoms with Crippen LogP contribution in [0, 0.1) is 5.92 Å². The Morgan fingerprint density at radius 2 is 2.31 bits per heavy atom. The van der Waals surface area contributed by atoms with Gasteiger partial charge in [0, 0.05) is 18.6 Å². The number of hydrogen-bond acceptors (Lipinski definition) is 5. The summed E-state index contributed by atoms with van der Waals surface area (Å²) >= 11 is 0. The van der Waals surface area contributed by atoms with E-state index in [9.17, 15) is 9.90 Å². The van der Waals surface area contributed by atoms with Gasteiger partial charge in [0.15, 0.2) is 0 Å². The van der Waals surface area contributed by atoms with Gasteiger partial charge in [-0.3, -0.25) is 0 Å². The molecule has 1 aliphatic rings. The molecule has 0 fully saturated rings. The Morgan fingerprint density at radius 1 is 1.56 bits per heavy atom. The standard InChI is InChI=1S/C11H18O5/c1-14-7-16-6-9-8(11(13)15-2)4-3-5-10(9)12/h4,9-10,12H,3,5-7H2,1-2H3/t9-,10-/m0/s1. The Morgan fingerprint density at radius 3 is 2.94 bits per heavy atom. The van der Waals surface area contributed by atoms with Crippen LogP contribution < -0.4 is 0 Å². The van der Waals surface area contributed by atoms with E-state index in [-0.39, 0.29) is 19.3 Å². The molecule has 0 aromatic rings. The van der Waals surface area contributed by atoms with Crippen molar-refractivity contribution in [2.24, 2.45) is 5.92 Å². The summed E-state index contributed by atoms with van der Waals surface area (Å²) in [6.07, 6.45) is 2.57. The van der Waals surface area contributed by atoms with Crippen LogP contribution in [0.15, 0.2) is 11.6 Å². The molecule has 0 amide bonds. The SMILES string of the molecule is COCOC[C@H]1C(C(=O)OC)=CCC[C@@H]1O. The first-order valence-corrected chi connectivity index (χ1v) is 5.23. The van der Waals surface area contributed by atoms with E-state index in [4.69, 9.17) is 9.47 Å². The van der Waals surface area contributed by atoms with Gasteiger partial charge in [-0.05, 0) is 12.8 Å². The van der Waals surface area contributed by atoms with Crippen molar-refractivity contribution < 1.29 is 24.1 Å². The van der Waals surface area contributed by atoms with Crippen LogP contribution >= 0.6 is 0 Å². The Labute approximate surface area is 95.0 Å². The summed E-state index contributed by atoms with van der Waals surface area (Å²) in [6.45, 7) is 0.410. The van der Waals surface area contributed by atoms with Crippen LogP contribution in [0.1, 0.15) is 12.8 Å². The second-order valence-electron chi connectivity index (χ2n) is 3.68. The molecule has 1 rings (SSSR count). The summed E-state index contributed by atoms with van der Waals surface area (Å²) in [6, 6.07) is 0. The van der Waals surface area contributed by atoms with Crippen LogP contribution in [0.2, 0.25) is 0 Å². The molecule has 0 aliphatic heterocycles. The predicted octanol–water partition coefficient (Wildman–Crippen LogP) is 0.477. The van der Waals surface area contributed by atoms with E-state index >= 15 is 0 Å². The maximum absolute atomic E-state index is 11.5. The van der Waals surface area contributed by atoms with Gasteiger partial charge >= 0.3 is 5.97 Å². The van der Waals surface area contributed by atoms with Crippen LogP contribution in [0.25, 0.3) is 0 Å². The van der Waals surface area contributed by atoms with Crippen LogP contribution in [-0.4, -0.2) is 44.8 Å². The number of carbonyl (C=O) groups excluding carboxylic acids is 1. The molecule has 2 atom stereocenters. The number of ether oxygens (including phenoxy) is 3. The number of carbonyl (C=O) groups is 1. The third-order valence-electron chi connectivity index (χ3n) is 2.61. The van der Waals surface area contributed by atoms with Gasteiger partial charge in [0.2, 0.25) is 0 Å². The third kappa shape index (κ3) is 3.30. The predicted molar refractivity (Wildman–Crippen MR) is 56.7 cm³/mol. The summed E-state index contributed by atoms with van der Waals surface area (Å²) in [5.74, 6) is -0.721. The third-order valence-corrected chi connectivity index (χ3v) is 2.61. The fourth-order valence-electron chi connectivity index (χ4n) is 1.78. The summed E-state index contributed by atoms with van der Waals surface area (Å²) in [5.41, 5.74) is 0.498. The van der Waals surface area contributed by atoms with Gasteiger partial charge in [-0.15, -0.1) is 0 Å². The van der Waals surface area contributed by atoms with Crippen LogP contribution in [-0.2, 0) is 19.0 Å². The molecule has 1 N–H and O–H groups in total. The van der Waals surface area contributed by atoms with E-state index in [2.05, 4.69) is 4.74 Å². The maximum atomic E-state index is 11.5. The minimum atomic E-state index is -0.559. The van der Waals surface area contributed by atoms with Crippen LogP contribution in [0.3, 0.4) is 0 Å². The quantitative estimate of drug-likeness (QED) is 0.422. The molecule has 0 unspecified atom stereocenters. The lowest BCUT2D eigenvalue weighted by atomic mass is 9.85. The van der Waals surface area contributed by atoms with E-state index < -0.39 is 12.1 Å². The largest absolute Gasteiger partial charge is 0.466 e. The second kappa shape index (κ2) is 6.62. The molecule has 1 aliphatic carbocycles. The highest BCUT2D eigenvalue weighted by atomic mass is 16.7. The zero-order chi connectivity index (χ0) is 12.0. The van der Waals surface area contributed by atoms with Gasteiger partial charge in [0.05, 0.1) is 19.8 Å². The van der Waals surface area contributed by atoms with Gasteiger partial charge < -0.3 is 19.3 Å². The first-order chi connectivity index (χ1) is 7.70. The van der Waals surface area contributed by atoms with Gasteiger partial charge in [-0.2, -0.15) is 0 Å². The highest BCUT2D eigenvalue weighted by Crippen LogP contribution is 2.26. The number of aliphatic hydroxyl groups excluding tert-OH is 1. The first-order valence-electron chi connectivity index (χ1n) is 5.23. The average Bonchev–Trinajstić information content (AvgIpc) is 2.30. The smallest absolute Gasteiger partial charge is 0.333 e. The van der Waals surface area contributed by atoms with E-state index in [1.807, 2.05) is 0 Å². The number of esters is 1. The maximum Gasteiger partial charge on any atom is 0.333 e. The Bertz CT molecular complexity index is 261. The van der Waals surface area contributed by atoms with E-state index in [0.29, 0.717) is 18.4 Å². The molecule has 5 heteroatoms. The second-order valence-corrected chi connectivity index (χ2v) is 3.68. The first kappa shape index (κ1) is 13.2. The van der Waals surface area contributed by atoms with Crippen molar-refractivity contribution in [1.82, 2.24) is 0 Å². The van der Waals surface area contributed by atoms with Crippen molar-refractivity contribution in [3.63, 3.8) is 0 Å². The van der Waals surface area contributed by atoms with E-state index in [1.54, 1.807) is 6.08 Å². The number of methoxy groups -OCH3 is 2. The monoisotopic (exact) mass is 230 g/mol. The fraction of sp³-hybridized carbons (Fsp3) is 0.727. The number of aliphatic hydroxyl groups is 1. The minimum Gasteiger partial charge on any atom is -0.466 e. The summed E-state index contributed by atoms with van der Waals surface area (Å²) < 4.78 is 14.6. The topological polar surface area (TPSA) is 65.0 Å². The molecule has 0 bridgehead atoms. The molecule has 0 radical (unpaired) electrons. The van der Waals surface area contributed by atoms with E-state index in [1.165, 1.54) is 14.2 Å². The Balaban J connectivity index is 2.63. The molecule has 0 saturated carbocycles. The average molecular weight is 230 g/mol. The highest BCUT2D eigenvalue weighted by Gasteiger charge is 2.31. The summed E-state index contributed by atoms with van der Waals surface area (Å²) in [5, 5.41) is 9.81. The molecule has 5 nitrogen and oxygen atoms in total. The molecule has 0 heterocycles. The van der Waals surface area contributed by atoms with Crippen molar-refractivity contribution in [3.05, 3.63) is 11.6 Å². The normalized spacial score (nSPS) is 25.1. The van der Waals surface area contributed by atoms with Crippen molar-refractivity contribution in [3.8, 4) is 0 Å². The lowest BCUT2D eigenvalue weighted by Gasteiger charge is -2.27. The fourth-order valence-corrected chi connectivity index (χ4v) is 1.78. The van der Waals surface area contributed by atoms with Gasteiger partial charge in [0.1, 0.15) is 6.79 Å². The molecular weight excluding hydrogens is 212 g/mol. The van der Waals surface area contributed by atoms with Gasteiger partial charge in [-0.25, -0.2) is 4.79 Å². The molecule has 92 valence electrons. The Kier molecular flexibility index (Phi) is 5.45. The van der Waals surface area contributed by atoms with Gasteiger partial charge in [0.25, 0.3) is 0 Å². The summed E-state index contributed by atoms with van der Waals surface area (Å²) in [4.78, 5) is 11.5. The van der Waals surface area contributed by atoms with Crippen molar-refractivity contribution >= 4 is 5.97 Å². The van der Waals surface area contributed by atoms with Crippen molar-refractivity contribution in [2.75, 3.05) is 27.6 Å². The van der Waals surface area contributed by atoms with Crippen LogP contribution in [0.5, 0.6) is 0 Å². The highest BCUT2D eigenvalue weighted by molar-refractivity contribution is 5.89. The molecule has 16 heavy (non-hydrogen) atoms.